The molecule has 0 aliphatic heterocycles. The predicted molar refractivity (Wildman–Crippen MR) is 72.3 cm³/mol. The van der Waals surface area contributed by atoms with Crippen LogP contribution in [0.2, 0.25) is 0 Å². The van der Waals surface area contributed by atoms with Gasteiger partial charge in [0.25, 0.3) is 0 Å². The van der Waals surface area contributed by atoms with Crippen LogP contribution in [0, 0.1) is 6.92 Å². The van der Waals surface area contributed by atoms with Gasteiger partial charge in [0.15, 0.2) is 0 Å². The molecule has 0 saturated heterocycles. The third kappa shape index (κ3) is 3.13. The maximum atomic E-state index is 12.2. The zero-order chi connectivity index (χ0) is 14.0. The van der Waals surface area contributed by atoms with Crippen LogP contribution in [0.15, 0.2) is 23.1 Å². The largest absolute Gasteiger partial charge is 0.366 e. The number of hydrogen-bond acceptors (Lipinski definition) is 3. The minimum atomic E-state index is -3.57. The number of nitrogens with two attached hydrogens (primary N) is 1. The summed E-state index contributed by atoms with van der Waals surface area (Å²) < 4.78 is 27.1. The number of nitrogens with one attached hydrogen (secondary N) is 1. The Labute approximate surface area is 113 Å². The molecule has 6 heteroatoms. The summed E-state index contributed by atoms with van der Waals surface area (Å²) in [6, 6.07) is 4.44. The molecule has 0 radical (unpaired) electrons. The zero-order valence-electron chi connectivity index (χ0n) is 10.8. The van der Waals surface area contributed by atoms with Gasteiger partial charge in [-0.2, -0.15) is 0 Å². The lowest BCUT2D eigenvalue weighted by Crippen LogP contribution is -2.32. The summed E-state index contributed by atoms with van der Waals surface area (Å²) in [6.45, 7) is 1.72. The number of rotatable bonds is 4. The Bertz CT molecular complexity index is 590. The van der Waals surface area contributed by atoms with Gasteiger partial charge in [-0.15, -0.1) is 0 Å². The molecule has 0 bridgehead atoms. The first-order valence-corrected chi connectivity index (χ1v) is 7.81. The van der Waals surface area contributed by atoms with E-state index in [1.54, 1.807) is 13.0 Å². The van der Waals surface area contributed by atoms with E-state index in [1.165, 1.54) is 12.1 Å². The van der Waals surface area contributed by atoms with Crippen molar-refractivity contribution in [3.05, 3.63) is 29.3 Å². The minimum absolute atomic E-state index is 0.00308. The van der Waals surface area contributed by atoms with Gasteiger partial charge in [0, 0.05) is 11.6 Å². The van der Waals surface area contributed by atoms with E-state index in [9.17, 15) is 13.2 Å². The predicted octanol–water partition coefficient (Wildman–Crippen LogP) is 1.31. The van der Waals surface area contributed by atoms with Gasteiger partial charge in [0.1, 0.15) is 0 Å². The van der Waals surface area contributed by atoms with Crippen LogP contribution >= 0.6 is 0 Å². The average Bonchev–Trinajstić information content (AvgIpc) is 2.80. The van der Waals surface area contributed by atoms with Crippen LogP contribution in [0.4, 0.5) is 0 Å². The van der Waals surface area contributed by atoms with E-state index in [1.807, 2.05) is 0 Å². The van der Waals surface area contributed by atoms with Crippen molar-refractivity contribution in [3.63, 3.8) is 0 Å². The molecule has 1 amide bonds. The van der Waals surface area contributed by atoms with Crippen LogP contribution in [0.3, 0.4) is 0 Å². The Morgan fingerprint density at radius 3 is 2.53 bits per heavy atom. The first kappa shape index (κ1) is 14.0. The maximum Gasteiger partial charge on any atom is 0.249 e. The fourth-order valence-electron chi connectivity index (χ4n) is 2.36. The van der Waals surface area contributed by atoms with Gasteiger partial charge < -0.3 is 5.73 Å². The lowest BCUT2D eigenvalue weighted by Gasteiger charge is -2.13. The van der Waals surface area contributed by atoms with Crippen molar-refractivity contribution in [2.45, 2.75) is 43.5 Å². The Balaban J connectivity index is 2.29. The van der Waals surface area contributed by atoms with Crippen LogP contribution in [0.5, 0.6) is 0 Å². The van der Waals surface area contributed by atoms with Crippen LogP contribution in [-0.2, 0) is 10.0 Å². The van der Waals surface area contributed by atoms with Crippen molar-refractivity contribution < 1.29 is 13.2 Å². The standard InChI is InChI=1S/C13H18N2O3S/c1-9-6-7-11(8-12(9)13(14)16)19(17,18)15-10-4-2-3-5-10/h6-8,10,15H,2-5H2,1H3,(H2,14,16). The molecule has 2 rings (SSSR count). The molecule has 1 aliphatic carbocycles. The fraction of sp³-hybridized carbons (Fsp3) is 0.462. The smallest absolute Gasteiger partial charge is 0.249 e. The fourth-order valence-corrected chi connectivity index (χ4v) is 3.70. The Morgan fingerprint density at radius 1 is 1.32 bits per heavy atom. The van der Waals surface area contributed by atoms with Gasteiger partial charge in [0.2, 0.25) is 15.9 Å². The summed E-state index contributed by atoms with van der Waals surface area (Å²) in [5.74, 6) is -0.615. The highest BCUT2D eigenvalue weighted by molar-refractivity contribution is 7.89. The normalized spacial score (nSPS) is 16.7. The number of primary amides is 1. The van der Waals surface area contributed by atoms with Crippen LogP contribution in [-0.4, -0.2) is 20.4 Å². The quantitative estimate of drug-likeness (QED) is 0.872. The summed E-state index contributed by atoms with van der Waals surface area (Å²) in [6.07, 6.45) is 3.84. The number of sulfonamides is 1. The van der Waals surface area contributed by atoms with E-state index in [-0.39, 0.29) is 16.5 Å². The molecule has 0 unspecified atom stereocenters. The Morgan fingerprint density at radius 2 is 1.95 bits per heavy atom. The summed E-state index contributed by atoms with van der Waals surface area (Å²) in [7, 11) is -3.57. The van der Waals surface area contributed by atoms with Crippen molar-refractivity contribution in [2.24, 2.45) is 5.73 Å². The summed E-state index contributed by atoms with van der Waals surface area (Å²) >= 11 is 0. The van der Waals surface area contributed by atoms with Gasteiger partial charge in [-0.3, -0.25) is 4.79 Å². The molecular weight excluding hydrogens is 264 g/mol. The highest BCUT2D eigenvalue weighted by atomic mass is 32.2. The summed E-state index contributed by atoms with van der Waals surface area (Å²) in [5, 5.41) is 0. The molecule has 104 valence electrons. The van der Waals surface area contributed by atoms with E-state index >= 15 is 0 Å². The Kier molecular flexibility index (Phi) is 3.91. The van der Waals surface area contributed by atoms with Crippen molar-refractivity contribution in [1.82, 2.24) is 4.72 Å². The van der Waals surface area contributed by atoms with Gasteiger partial charge >= 0.3 is 0 Å². The molecule has 19 heavy (non-hydrogen) atoms. The molecule has 0 spiro atoms. The number of hydrogen-bond donors (Lipinski definition) is 2. The lowest BCUT2D eigenvalue weighted by atomic mass is 10.1. The van der Waals surface area contributed by atoms with Crippen LogP contribution < -0.4 is 10.5 Å². The summed E-state index contributed by atoms with van der Waals surface area (Å²) in [4.78, 5) is 11.3. The number of carbonyl (C=O) groups excluding carboxylic acids is 1. The molecular formula is C13H18N2O3S. The second-order valence-electron chi connectivity index (χ2n) is 4.94. The molecule has 1 aromatic carbocycles. The summed E-state index contributed by atoms with van der Waals surface area (Å²) in [5.41, 5.74) is 6.15. The first-order chi connectivity index (χ1) is 8.90. The molecule has 3 N–H and O–H groups in total. The van der Waals surface area contributed by atoms with E-state index in [2.05, 4.69) is 4.72 Å². The average molecular weight is 282 g/mol. The number of carbonyl (C=O) groups is 1. The SMILES string of the molecule is Cc1ccc(S(=O)(=O)NC2CCCC2)cc1C(N)=O. The van der Waals surface area contributed by atoms with E-state index in [0.29, 0.717) is 5.56 Å². The monoisotopic (exact) mass is 282 g/mol. The number of benzene rings is 1. The minimum Gasteiger partial charge on any atom is -0.366 e. The van der Waals surface area contributed by atoms with E-state index in [0.717, 1.165) is 25.7 Å². The van der Waals surface area contributed by atoms with Gasteiger partial charge in [-0.25, -0.2) is 13.1 Å². The highest BCUT2D eigenvalue weighted by Gasteiger charge is 2.23. The van der Waals surface area contributed by atoms with Crippen molar-refractivity contribution in [1.29, 1.82) is 0 Å². The molecule has 0 heterocycles. The van der Waals surface area contributed by atoms with Crippen molar-refractivity contribution in [2.75, 3.05) is 0 Å². The third-order valence-electron chi connectivity index (χ3n) is 3.46. The highest BCUT2D eigenvalue weighted by Crippen LogP contribution is 2.21. The maximum absolute atomic E-state index is 12.2. The van der Waals surface area contributed by atoms with E-state index < -0.39 is 15.9 Å². The molecule has 1 aliphatic rings. The van der Waals surface area contributed by atoms with Gasteiger partial charge in [-0.05, 0) is 37.5 Å². The first-order valence-electron chi connectivity index (χ1n) is 6.33. The second-order valence-corrected chi connectivity index (χ2v) is 6.66. The van der Waals surface area contributed by atoms with Gasteiger partial charge in [-0.1, -0.05) is 18.9 Å². The third-order valence-corrected chi connectivity index (χ3v) is 4.98. The number of aryl methyl sites for hydroxylation is 1. The topological polar surface area (TPSA) is 89.3 Å². The van der Waals surface area contributed by atoms with E-state index in [4.69, 9.17) is 5.73 Å². The second kappa shape index (κ2) is 5.30. The van der Waals surface area contributed by atoms with Crippen molar-refractivity contribution in [3.8, 4) is 0 Å². The molecule has 1 saturated carbocycles. The molecule has 1 fully saturated rings. The molecule has 0 atom stereocenters. The zero-order valence-corrected chi connectivity index (χ0v) is 11.7. The van der Waals surface area contributed by atoms with Gasteiger partial charge in [0.05, 0.1) is 4.90 Å². The molecule has 0 aromatic heterocycles. The lowest BCUT2D eigenvalue weighted by molar-refractivity contribution is 0.0999. The van der Waals surface area contributed by atoms with Crippen LogP contribution in [0.1, 0.15) is 41.6 Å². The van der Waals surface area contributed by atoms with Crippen LogP contribution in [0.25, 0.3) is 0 Å². The van der Waals surface area contributed by atoms with Crippen molar-refractivity contribution >= 4 is 15.9 Å². The Hall–Kier alpha value is -1.40. The molecule has 1 aromatic rings. The number of amides is 1. The molecule has 5 nitrogen and oxygen atoms in total.